The zero-order chi connectivity index (χ0) is 22.0. The van der Waals surface area contributed by atoms with Crippen LogP contribution >= 0.6 is 12.4 Å². The molecule has 2 aromatic carbocycles. The summed E-state index contributed by atoms with van der Waals surface area (Å²) in [6.07, 6.45) is 2.45. The quantitative estimate of drug-likeness (QED) is 0.486. The Bertz CT molecular complexity index is 1470. The van der Waals surface area contributed by atoms with Gasteiger partial charge in [0.05, 0.1) is 23.8 Å². The van der Waals surface area contributed by atoms with Gasteiger partial charge in [0.1, 0.15) is 17.2 Å². The van der Waals surface area contributed by atoms with Gasteiger partial charge in [-0.1, -0.05) is 12.1 Å². The van der Waals surface area contributed by atoms with Crippen molar-refractivity contribution in [2.45, 2.75) is 32.4 Å². The van der Waals surface area contributed by atoms with Crippen LogP contribution < -0.4 is 5.56 Å². The van der Waals surface area contributed by atoms with Gasteiger partial charge in [-0.05, 0) is 42.7 Å². The molecule has 7 nitrogen and oxygen atoms in total. The van der Waals surface area contributed by atoms with E-state index in [0.717, 1.165) is 28.9 Å². The smallest absolute Gasteiger partial charge is 0.274 e. The highest BCUT2D eigenvalue weighted by Gasteiger charge is 2.28. The number of halogens is 2. The highest BCUT2D eigenvalue weighted by Crippen LogP contribution is 2.30. The molecule has 2 aliphatic rings. The van der Waals surface area contributed by atoms with Gasteiger partial charge in [-0.15, -0.1) is 12.4 Å². The largest absolute Gasteiger partial charge is 0.381 e. The number of amides is 1. The average molecular weight is 469 g/mol. The third-order valence-corrected chi connectivity index (χ3v) is 6.59. The third-order valence-electron chi connectivity index (χ3n) is 6.59. The Morgan fingerprint density at radius 3 is 2.85 bits per heavy atom. The lowest BCUT2D eigenvalue weighted by Gasteiger charge is -2.18. The van der Waals surface area contributed by atoms with Gasteiger partial charge in [0.2, 0.25) is 0 Å². The standard InChI is InChI=1S/C24H21FN4O3.ClH/c1-13-7-20-19(27-23(30)21-9-26-22(29(20)21)15-5-6-32-12-15)8-16(13)24(31)28-10-14-3-2-4-18(25)17(14)11-28;/h2-4,7-9,15H,5-6,10-12H2,1H3,(H,27,30);1H. The van der Waals surface area contributed by atoms with Gasteiger partial charge in [-0.3, -0.25) is 14.0 Å². The van der Waals surface area contributed by atoms with E-state index in [2.05, 4.69) is 9.97 Å². The topological polar surface area (TPSA) is 79.7 Å². The van der Waals surface area contributed by atoms with E-state index in [1.165, 1.54) is 6.07 Å². The van der Waals surface area contributed by atoms with E-state index in [0.29, 0.717) is 41.9 Å². The van der Waals surface area contributed by atoms with Crippen LogP contribution in [0, 0.1) is 12.7 Å². The number of aromatic nitrogens is 3. The Labute approximate surface area is 194 Å². The Hall–Kier alpha value is -3.23. The van der Waals surface area contributed by atoms with Crippen molar-refractivity contribution in [1.82, 2.24) is 19.3 Å². The summed E-state index contributed by atoms with van der Waals surface area (Å²) in [6, 6.07) is 8.57. The molecule has 1 saturated heterocycles. The summed E-state index contributed by atoms with van der Waals surface area (Å²) in [5.74, 6) is 0.457. The molecule has 2 aliphatic heterocycles. The first-order valence-electron chi connectivity index (χ1n) is 10.7. The van der Waals surface area contributed by atoms with Crippen LogP contribution in [-0.2, 0) is 17.8 Å². The molecule has 0 spiro atoms. The molecule has 4 aromatic rings. The molecule has 0 saturated carbocycles. The minimum absolute atomic E-state index is 0. The van der Waals surface area contributed by atoms with Crippen molar-refractivity contribution in [2.24, 2.45) is 0 Å². The number of benzene rings is 2. The number of aryl methyl sites for hydroxylation is 1. The maximum Gasteiger partial charge on any atom is 0.274 e. The number of ether oxygens (including phenoxy) is 1. The maximum absolute atomic E-state index is 14.2. The number of rotatable bonds is 2. The molecule has 2 aromatic heterocycles. The number of fused-ring (bicyclic) bond motifs is 4. The summed E-state index contributed by atoms with van der Waals surface area (Å²) in [6.45, 7) is 3.74. The van der Waals surface area contributed by atoms with E-state index in [-0.39, 0.29) is 42.2 Å². The summed E-state index contributed by atoms with van der Waals surface area (Å²) >= 11 is 0. The lowest BCUT2D eigenvalue weighted by molar-refractivity contribution is 0.0750. The molecule has 170 valence electrons. The van der Waals surface area contributed by atoms with Gasteiger partial charge in [-0.25, -0.2) is 9.37 Å². The minimum atomic E-state index is -0.289. The van der Waals surface area contributed by atoms with E-state index < -0.39 is 0 Å². The fourth-order valence-electron chi connectivity index (χ4n) is 4.90. The predicted molar refractivity (Wildman–Crippen MR) is 123 cm³/mol. The second-order valence-electron chi connectivity index (χ2n) is 8.57. The van der Waals surface area contributed by atoms with Gasteiger partial charge in [0.15, 0.2) is 0 Å². The second kappa shape index (κ2) is 7.97. The van der Waals surface area contributed by atoms with Crippen molar-refractivity contribution in [2.75, 3.05) is 13.2 Å². The molecule has 33 heavy (non-hydrogen) atoms. The first-order valence-corrected chi connectivity index (χ1v) is 10.7. The Morgan fingerprint density at radius 2 is 2.09 bits per heavy atom. The molecule has 4 heterocycles. The van der Waals surface area contributed by atoms with Crippen LogP contribution in [0.2, 0.25) is 0 Å². The van der Waals surface area contributed by atoms with Crippen LogP contribution in [0.3, 0.4) is 0 Å². The Balaban J connectivity index is 0.00000228. The summed E-state index contributed by atoms with van der Waals surface area (Å²) < 4.78 is 21.6. The van der Waals surface area contributed by atoms with Crippen LogP contribution in [0.15, 0.2) is 41.3 Å². The summed E-state index contributed by atoms with van der Waals surface area (Å²) in [5.41, 5.74) is 4.25. The van der Waals surface area contributed by atoms with Crippen LogP contribution in [-0.4, -0.2) is 38.4 Å². The van der Waals surface area contributed by atoms with Crippen molar-refractivity contribution in [3.05, 3.63) is 80.8 Å². The molecule has 1 unspecified atom stereocenters. The molecule has 0 bridgehead atoms. The average Bonchev–Trinajstić information content (AvgIpc) is 3.52. The number of nitrogens with one attached hydrogen (secondary N) is 1. The zero-order valence-electron chi connectivity index (χ0n) is 17.9. The Kier molecular flexibility index (Phi) is 5.22. The van der Waals surface area contributed by atoms with Gasteiger partial charge in [-0.2, -0.15) is 0 Å². The number of H-pyrrole nitrogens is 1. The zero-order valence-corrected chi connectivity index (χ0v) is 18.7. The lowest BCUT2D eigenvalue weighted by Crippen LogP contribution is -2.26. The number of carbonyl (C=O) groups is 1. The normalized spacial score (nSPS) is 17.5. The van der Waals surface area contributed by atoms with Gasteiger partial charge >= 0.3 is 0 Å². The maximum atomic E-state index is 14.2. The van der Waals surface area contributed by atoms with Crippen molar-refractivity contribution in [1.29, 1.82) is 0 Å². The van der Waals surface area contributed by atoms with Crippen molar-refractivity contribution in [3.8, 4) is 0 Å². The third kappa shape index (κ3) is 3.32. The number of nitrogens with zero attached hydrogens (tertiary/aromatic N) is 3. The second-order valence-corrected chi connectivity index (χ2v) is 8.57. The number of aromatic amines is 1. The summed E-state index contributed by atoms with van der Waals surface area (Å²) in [7, 11) is 0. The van der Waals surface area contributed by atoms with E-state index in [1.807, 2.05) is 23.5 Å². The molecule has 1 atom stereocenters. The lowest BCUT2D eigenvalue weighted by atomic mass is 10.0. The molecule has 1 N–H and O–H groups in total. The van der Waals surface area contributed by atoms with Crippen molar-refractivity contribution in [3.63, 3.8) is 0 Å². The molecular weight excluding hydrogens is 447 g/mol. The number of hydrogen-bond acceptors (Lipinski definition) is 4. The van der Waals surface area contributed by atoms with Gasteiger partial charge in [0, 0.05) is 36.7 Å². The molecule has 6 rings (SSSR count). The summed E-state index contributed by atoms with van der Waals surface area (Å²) in [5, 5.41) is 0. The predicted octanol–water partition coefficient (Wildman–Crippen LogP) is 3.71. The van der Waals surface area contributed by atoms with Gasteiger partial charge < -0.3 is 14.6 Å². The monoisotopic (exact) mass is 468 g/mol. The molecule has 9 heteroatoms. The first-order chi connectivity index (χ1) is 15.5. The van der Waals surface area contributed by atoms with Crippen LogP contribution in [0.4, 0.5) is 4.39 Å². The molecule has 0 radical (unpaired) electrons. The highest BCUT2D eigenvalue weighted by molar-refractivity contribution is 5.99. The van der Waals surface area contributed by atoms with E-state index in [1.54, 1.807) is 23.2 Å². The fraction of sp³-hybridized carbons (Fsp3) is 0.292. The SMILES string of the molecule is Cc1cc2c(cc1C(=O)N1Cc3cccc(F)c3C1)[nH]c(=O)c1cnc(C3CCOC3)n12.Cl. The van der Waals surface area contributed by atoms with E-state index >= 15 is 0 Å². The summed E-state index contributed by atoms with van der Waals surface area (Å²) in [4.78, 5) is 35.1. The van der Waals surface area contributed by atoms with Crippen LogP contribution in [0.1, 0.15) is 45.2 Å². The van der Waals surface area contributed by atoms with Crippen LogP contribution in [0.5, 0.6) is 0 Å². The number of carbonyl (C=O) groups excluding carboxylic acids is 1. The number of imidazole rings is 1. The van der Waals surface area contributed by atoms with Crippen molar-refractivity contribution >= 4 is 34.9 Å². The molecule has 1 fully saturated rings. The minimum Gasteiger partial charge on any atom is -0.381 e. The molecule has 1 amide bonds. The highest BCUT2D eigenvalue weighted by atomic mass is 35.5. The van der Waals surface area contributed by atoms with E-state index in [4.69, 9.17) is 4.74 Å². The van der Waals surface area contributed by atoms with Crippen molar-refractivity contribution < 1.29 is 13.9 Å². The molecule has 0 aliphatic carbocycles. The first kappa shape index (κ1) is 21.6. The van der Waals surface area contributed by atoms with E-state index in [9.17, 15) is 14.0 Å². The fourth-order valence-corrected chi connectivity index (χ4v) is 4.90. The Morgan fingerprint density at radius 1 is 1.24 bits per heavy atom. The number of hydrogen-bond donors (Lipinski definition) is 1. The van der Waals surface area contributed by atoms with Gasteiger partial charge in [0.25, 0.3) is 11.5 Å². The molecular formula is C24H22ClFN4O3. The van der Waals surface area contributed by atoms with Crippen LogP contribution in [0.25, 0.3) is 16.6 Å².